The maximum atomic E-state index is 11.4. The highest BCUT2D eigenvalue weighted by molar-refractivity contribution is 5.78. The minimum atomic E-state index is -0.972. The van der Waals surface area contributed by atoms with Crippen LogP contribution in [-0.2, 0) is 4.79 Å². The van der Waals surface area contributed by atoms with E-state index in [0.717, 1.165) is 38.5 Å². The van der Waals surface area contributed by atoms with Crippen molar-refractivity contribution >= 4 is 5.97 Å². The second-order valence-corrected chi connectivity index (χ2v) is 5.14. The molecule has 16 heavy (non-hydrogen) atoms. The molecule has 3 nitrogen and oxygen atoms in total. The average molecular weight is 227 g/mol. The van der Waals surface area contributed by atoms with Gasteiger partial charge in [0.2, 0.25) is 0 Å². The molecule has 0 aliphatic heterocycles. The molecule has 0 spiro atoms. The average Bonchev–Trinajstić information content (AvgIpc) is 2.54. The van der Waals surface area contributed by atoms with Gasteiger partial charge in [-0.1, -0.05) is 45.4 Å². The first kappa shape index (κ1) is 13.5. The summed E-state index contributed by atoms with van der Waals surface area (Å²) in [6.07, 6.45) is 9.30. The smallest absolute Gasteiger partial charge is 0.323 e. The van der Waals surface area contributed by atoms with Gasteiger partial charge in [-0.05, 0) is 25.2 Å². The molecule has 0 saturated heterocycles. The molecule has 1 saturated carbocycles. The van der Waals surface area contributed by atoms with Gasteiger partial charge in [-0.3, -0.25) is 4.79 Å². The van der Waals surface area contributed by atoms with Crippen LogP contribution in [0.4, 0.5) is 0 Å². The van der Waals surface area contributed by atoms with Crippen molar-refractivity contribution in [3.05, 3.63) is 0 Å². The quantitative estimate of drug-likeness (QED) is 0.710. The fourth-order valence-corrected chi connectivity index (χ4v) is 2.75. The lowest BCUT2D eigenvalue weighted by Gasteiger charge is -2.33. The Labute approximate surface area is 98.4 Å². The molecule has 3 heteroatoms. The number of hydrogen-bond acceptors (Lipinski definition) is 2. The van der Waals surface area contributed by atoms with Gasteiger partial charge >= 0.3 is 5.97 Å². The van der Waals surface area contributed by atoms with Crippen LogP contribution in [-0.4, -0.2) is 16.6 Å². The van der Waals surface area contributed by atoms with Crippen molar-refractivity contribution < 1.29 is 9.90 Å². The van der Waals surface area contributed by atoms with Crippen molar-refractivity contribution in [2.75, 3.05) is 0 Å². The minimum absolute atomic E-state index is 0.180. The third-order valence-electron chi connectivity index (χ3n) is 3.93. The molecule has 1 rings (SSSR count). The fourth-order valence-electron chi connectivity index (χ4n) is 2.75. The molecular weight excluding hydrogens is 202 g/mol. The number of rotatable bonds is 5. The summed E-state index contributed by atoms with van der Waals surface area (Å²) in [5.41, 5.74) is 5.20. The van der Waals surface area contributed by atoms with Crippen molar-refractivity contribution in [1.82, 2.24) is 0 Å². The number of carboxylic acids is 1. The van der Waals surface area contributed by atoms with E-state index in [4.69, 9.17) is 5.73 Å². The Morgan fingerprint density at radius 1 is 1.31 bits per heavy atom. The first-order valence-corrected chi connectivity index (χ1v) is 6.63. The zero-order chi connectivity index (χ0) is 12.0. The van der Waals surface area contributed by atoms with Gasteiger partial charge in [0.1, 0.15) is 5.54 Å². The SMILES string of the molecule is CCCC[C@](N)(C(=O)O)C1CCCCCC1. The summed E-state index contributed by atoms with van der Waals surface area (Å²) in [5.74, 6) is -0.619. The Morgan fingerprint density at radius 2 is 1.88 bits per heavy atom. The van der Waals surface area contributed by atoms with Gasteiger partial charge in [0, 0.05) is 0 Å². The topological polar surface area (TPSA) is 63.3 Å². The molecule has 0 amide bonds. The maximum absolute atomic E-state index is 11.4. The Hall–Kier alpha value is -0.570. The summed E-state index contributed by atoms with van der Waals surface area (Å²) >= 11 is 0. The van der Waals surface area contributed by atoms with Crippen LogP contribution in [0.15, 0.2) is 0 Å². The molecule has 3 N–H and O–H groups in total. The molecule has 0 aromatic carbocycles. The van der Waals surface area contributed by atoms with Crippen molar-refractivity contribution in [3.8, 4) is 0 Å². The zero-order valence-corrected chi connectivity index (χ0v) is 10.4. The van der Waals surface area contributed by atoms with Crippen molar-refractivity contribution in [2.45, 2.75) is 70.3 Å². The molecule has 0 heterocycles. The number of nitrogens with two attached hydrogens (primary N) is 1. The molecule has 94 valence electrons. The van der Waals surface area contributed by atoms with E-state index in [1.807, 2.05) is 0 Å². The van der Waals surface area contributed by atoms with E-state index in [1.165, 1.54) is 12.8 Å². The van der Waals surface area contributed by atoms with Crippen LogP contribution in [0, 0.1) is 5.92 Å². The summed E-state index contributed by atoms with van der Waals surface area (Å²) in [7, 11) is 0. The van der Waals surface area contributed by atoms with Gasteiger partial charge in [-0.2, -0.15) is 0 Å². The second kappa shape index (κ2) is 6.24. The summed E-state index contributed by atoms with van der Waals surface area (Å²) in [4.78, 5) is 11.4. The van der Waals surface area contributed by atoms with Crippen LogP contribution in [0.2, 0.25) is 0 Å². The molecule has 1 aliphatic carbocycles. The molecule has 0 bridgehead atoms. The molecular formula is C13H25NO2. The maximum Gasteiger partial charge on any atom is 0.323 e. The summed E-state index contributed by atoms with van der Waals surface area (Å²) < 4.78 is 0. The van der Waals surface area contributed by atoms with Crippen LogP contribution in [0.5, 0.6) is 0 Å². The Balaban J connectivity index is 2.69. The van der Waals surface area contributed by atoms with Crippen molar-refractivity contribution in [2.24, 2.45) is 11.7 Å². The van der Waals surface area contributed by atoms with E-state index >= 15 is 0 Å². The van der Waals surface area contributed by atoms with Crippen LogP contribution in [0.1, 0.15) is 64.7 Å². The summed E-state index contributed by atoms with van der Waals surface area (Å²) in [6.45, 7) is 2.08. The second-order valence-electron chi connectivity index (χ2n) is 5.14. The van der Waals surface area contributed by atoms with Gasteiger partial charge in [0.15, 0.2) is 0 Å². The van der Waals surface area contributed by atoms with Crippen LogP contribution >= 0.6 is 0 Å². The lowest BCUT2D eigenvalue weighted by Crippen LogP contribution is -2.54. The monoisotopic (exact) mass is 227 g/mol. The highest BCUT2D eigenvalue weighted by atomic mass is 16.4. The number of carboxylic acid groups (broad SMARTS) is 1. The van der Waals surface area contributed by atoms with Crippen LogP contribution in [0.25, 0.3) is 0 Å². The summed E-state index contributed by atoms with van der Waals surface area (Å²) in [5, 5.41) is 9.38. The first-order valence-electron chi connectivity index (χ1n) is 6.63. The number of carbonyl (C=O) groups is 1. The largest absolute Gasteiger partial charge is 0.480 e. The van der Waals surface area contributed by atoms with Crippen LogP contribution in [0.3, 0.4) is 0 Å². The Bertz CT molecular complexity index is 222. The lowest BCUT2D eigenvalue weighted by molar-refractivity contribution is -0.146. The number of unbranched alkanes of at least 4 members (excludes halogenated alkanes) is 1. The van der Waals surface area contributed by atoms with E-state index in [2.05, 4.69) is 6.92 Å². The summed E-state index contributed by atoms with van der Waals surface area (Å²) in [6, 6.07) is 0. The minimum Gasteiger partial charge on any atom is -0.480 e. The molecule has 0 radical (unpaired) electrons. The fraction of sp³-hybridized carbons (Fsp3) is 0.923. The standard InChI is InChI=1S/C13H25NO2/c1-2-3-10-13(14,12(15)16)11-8-6-4-5-7-9-11/h11H,2-10,14H2,1H3,(H,15,16)/t13-/m1/s1. The van der Waals surface area contributed by atoms with Gasteiger partial charge in [-0.25, -0.2) is 0 Å². The number of hydrogen-bond donors (Lipinski definition) is 2. The highest BCUT2D eigenvalue weighted by Crippen LogP contribution is 2.33. The third-order valence-corrected chi connectivity index (χ3v) is 3.93. The number of aliphatic carboxylic acids is 1. The van der Waals surface area contributed by atoms with Crippen molar-refractivity contribution in [1.29, 1.82) is 0 Å². The third kappa shape index (κ3) is 3.21. The zero-order valence-electron chi connectivity index (χ0n) is 10.4. The van der Waals surface area contributed by atoms with Crippen LogP contribution < -0.4 is 5.73 Å². The van der Waals surface area contributed by atoms with E-state index < -0.39 is 11.5 Å². The van der Waals surface area contributed by atoms with E-state index in [0.29, 0.717) is 6.42 Å². The lowest BCUT2D eigenvalue weighted by atomic mass is 9.76. The molecule has 0 unspecified atom stereocenters. The molecule has 1 fully saturated rings. The van der Waals surface area contributed by atoms with Crippen molar-refractivity contribution in [3.63, 3.8) is 0 Å². The molecule has 0 aromatic rings. The first-order chi connectivity index (χ1) is 7.61. The van der Waals surface area contributed by atoms with Gasteiger partial charge < -0.3 is 10.8 Å². The van der Waals surface area contributed by atoms with E-state index in [9.17, 15) is 9.90 Å². The highest BCUT2D eigenvalue weighted by Gasteiger charge is 2.41. The van der Waals surface area contributed by atoms with E-state index in [-0.39, 0.29) is 5.92 Å². The van der Waals surface area contributed by atoms with Gasteiger partial charge in [0.05, 0.1) is 0 Å². The predicted octanol–water partition coefficient (Wildman–Crippen LogP) is 2.93. The Kier molecular flexibility index (Phi) is 5.26. The molecule has 0 aromatic heterocycles. The normalized spacial score (nSPS) is 22.4. The molecule has 1 atom stereocenters. The molecule has 1 aliphatic rings. The Morgan fingerprint density at radius 3 is 2.31 bits per heavy atom. The van der Waals surface area contributed by atoms with Gasteiger partial charge in [-0.15, -0.1) is 0 Å². The predicted molar refractivity (Wildman–Crippen MR) is 65.3 cm³/mol. The van der Waals surface area contributed by atoms with E-state index in [1.54, 1.807) is 0 Å². The van der Waals surface area contributed by atoms with Gasteiger partial charge in [0.25, 0.3) is 0 Å².